The molecule has 17 heavy (non-hydrogen) atoms. The van der Waals surface area contributed by atoms with Crippen LogP contribution in [-0.4, -0.2) is 11.3 Å². The predicted molar refractivity (Wildman–Crippen MR) is 69.2 cm³/mol. The van der Waals surface area contributed by atoms with E-state index in [2.05, 4.69) is 4.98 Å². The van der Waals surface area contributed by atoms with Gasteiger partial charge in [-0.25, -0.2) is 0 Å². The zero-order valence-corrected chi connectivity index (χ0v) is 10.5. The first-order valence-electron chi connectivity index (χ1n) is 5.46. The van der Waals surface area contributed by atoms with E-state index in [1.165, 1.54) is 0 Å². The van der Waals surface area contributed by atoms with Crippen LogP contribution in [-0.2, 0) is 12.8 Å². The first kappa shape index (κ1) is 11.0. The lowest BCUT2D eigenvalue weighted by Crippen LogP contribution is -1.98. The molecule has 4 heteroatoms. The van der Waals surface area contributed by atoms with Crippen molar-refractivity contribution in [1.82, 2.24) is 4.98 Å². The van der Waals surface area contributed by atoms with E-state index in [1.54, 1.807) is 12.1 Å². The van der Waals surface area contributed by atoms with Gasteiger partial charge in [-0.2, -0.15) is 0 Å². The molecule has 0 saturated carbocycles. The van der Waals surface area contributed by atoms with E-state index in [0.29, 0.717) is 21.1 Å². The molecule has 0 spiro atoms. The van der Waals surface area contributed by atoms with Crippen LogP contribution in [0.5, 0.6) is 0 Å². The fraction of sp³-hybridized carbons (Fsp3) is 0.231. The Hall–Kier alpha value is -1.12. The second-order valence-corrected chi connectivity index (χ2v) is 5.05. The van der Waals surface area contributed by atoms with E-state index in [9.17, 15) is 4.79 Å². The molecule has 0 saturated heterocycles. The number of halogens is 2. The van der Waals surface area contributed by atoms with Crippen molar-refractivity contribution >= 4 is 40.4 Å². The molecule has 3 rings (SSSR count). The number of benzene rings is 1. The number of aldehydes is 1. The van der Waals surface area contributed by atoms with Crippen molar-refractivity contribution in [2.75, 3.05) is 0 Å². The summed E-state index contributed by atoms with van der Waals surface area (Å²) in [5.74, 6) is 0. The van der Waals surface area contributed by atoms with E-state index < -0.39 is 0 Å². The second-order valence-electron chi connectivity index (χ2n) is 4.21. The molecule has 1 aromatic heterocycles. The number of nitrogens with zero attached hydrogens (tertiary/aromatic N) is 1. The molecule has 1 aromatic carbocycles. The van der Waals surface area contributed by atoms with Gasteiger partial charge in [0.25, 0.3) is 0 Å². The number of aryl methyl sites for hydroxylation is 1. The standard InChI is InChI=1S/C13H9Cl2NO/c14-7-4-9-10(6-17)8-2-1-3-12(8)16-13(9)11(15)5-7/h4-6H,1-3H2. The average Bonchev–Trinajstić information content (AvgIpc) is 2.74. The fourth-order valence-corrected chi connectivity index (χ4v) is 2.99. The van der Waals surface area contributed by atoms with Crippen LogP contribution in [0.4, 0.5) is 0 Å². The summed E-state index contributed by atoms with van der Waals surface area (Å²) in [4.78, 5) is 15.8. The molecule has 0 aliphatic heterocycles. The average molecular weight is 266 g/mol. The van der Waals surface area contributed by atoms with E-state index in [0.717, 1.165) is 42.2 Å². The Morgan fingerprint density at radius 3 is 2.82 bits per heavy atom. The molecule has 1 heterocycles. The lowest BCUT2D eigenvalue weighted by Gasteiger charge is -2.09. The van der Waals surface area contributed by atoms with Gasteiger partial charge in [-0.1, -0.05) is 23.2 Å². The Labute approximate surface area is 109 Å². The van der Waals surface area contributed by atoms with Crippen LogP contribution in [0.15, 0.2) is 12.1 Å². The number of fused-ring (bicyclic) bond motifs is 2. The molecule has 86 valence electrons. The highest BCUT2D eigenvalue weighted by Crippen LogP contribution is 2.33. The number of pyridine rings is 1. The summed E-state index contributed by atoms with van der Waals surface area (Å²) in [6, 6.07) is 3.42. The monoisotopic (exact) mass is 265 g/mol. The first-order chi connectivity index (χ1) is 8.20. The number of carbonyl (C=O) groups excluding carboxylic acids is 1. The lowest BCUT2D eigenvalue weighted by atomic mass is 10.0. The van der Waals surface area contributed by atoms with Gasteiger partial charge in [0.15, 0.2) is 6.29 Å². The lowest BCUT2D eigenvalue weighted by molar-refractivity contribution is 0.112. The van der Waals surface area contributed by atoms with Gasteiger partial charge in [-0.15, -0.1) is 0 Å². The maximum absolute atomic E-state index is 11.3. The molecule has 0 amide bonds. The summed E-state index contributed by atoms with van der Waals surface area (Å²) in [5, 5.41) is 1.80. The summed E-state index contributed by atoms with van der Waals surface area (Å²) >= 11 is 12.1. The molecule has 2 aromatic rings. The van der Waals surface area contributed by atoms with Crippen molar-refractivity contribution in [1.29, 1.82) is 0 Å². The van der Waals surface area contributed by atoms with Crippen LogP contribution in [0, 0.1) is 0 Å². The summed E-state index contributed by atoms with van der Waals surface area (Å²) in [6.07, 6.45) is 3.77. The highest BCUT2D eigenvalue weighted by atomic mass is 35.5. The molecule has 1 aliphatic rings. The van der Waals surface area contributed by atoms with Crippen molar-refractivity contribution in [2.24, 2.45) is 0 Å². The van der Waals surface area contributed by atoms with Gasteiger partial charge < -0.3 is 0 Å². The van der Waals surface area contributed by atoms with Crippen molar-refractivity contribution in [2.45, 2.75) is 19.3 Å². The minimum atomic E-state index is 0.505. The van der Waals surface area contributed by atoms with Gasteiger partial charge in [0.05, 0.1) is 10.5 Å². The quantitative estimate of drug-likeness (QED) is 0.734. The molecule has 0 bridgehead atoms. The Morgan fingerprint density at radius 1 is 1.24 bits per heavy atom. The maximum Gasteiger partial charge on any atom is 0.151 e. The van der Waals surface area contributed by atoms with E-state index in [4.69, 9.17) is 23.2 Å². The number of hydrogen-bond acceptors (Lipinski definition) is 2. The van der Waals surface area contributed by atoms with E-state index in [1.807, 2.05) is 0 Å². The summed E-state index contributed by atoms with van der Waals surface area (Å²) in [5.41, 5.74) is 3.44. The second kappa shape index (κ2) is 3.97. The van der Waals surface area contributed by atoms with Gasteiger partial charge in [0.2, 0.25) is 0 Å². The third kappa shape index (κ3) is 1.63. The predicted octanol–water partition coefficient (Wildman–Crippen LogP) is 3.84. The Balaban J connectivity index is 2.49. The molecule has 0 fully saturated rings. The zero-order chi connectivity index (χ0) is 12.0. The highest BCUT2D eigenvalue weighted by molar-refractivity contribution is 6.38. The van der Waals surface area contributed by atoms with Crippen molar-refractivity contribution in [3.63, 3.8) is 0 Å². The van der Waals surface area contributed by atoms with Crippen LogP contribution in [0.2, 0.25) is 10.0 Å². The van der Waals surface area contributed by atoms with Gasteiger partial charge in [0, 0.05) is 21.7 Å². The molecule has 2 nitrogen and oxygen atoms in total. The molecule has 0 radical (unpaired) electrons. The molecule has 0 N–H and O–H groups in total. The first-order valence-corrected chi connectivity index (χ1v) is 6.22. The number of carbonyl (C=O) groups is 1. The normalized spacial score (nSPS) is 14.0. The Kier molecular flexibility index (Phi) is 2.57. The van der Waals surface area contributed by atoms with Crippen LogP contribution < -0.4 is 0 Å². The van der Waals surface area contributed by atoms with Gasteiger partial charge >= 0.3 is 0 Å². The molecule has 1 aliphatic carbocycles. The summed E-state index contributed by atoms with van der Waals surface area (Å²) in [6.45, 7) is 0. The minimum Gasteiger partial charge on any atom is -0.298 e. The molecular formula is C13H9Cl2NO. The van der Waals surface area contributed by atoms with Gasteiger partial charge in [-0.3, -0.25) is 9.78 Å². The zero-order valence-electron chi connectivity index (χ0n) is 8.96. The van der Waals surface area contributed by atoms with Crippen molar-refractivity contribution < 1.29 is 4.79 Å². The van der Waals surface area contributed by atoms with Crippen LogP contribution >= 0.6 is 23.2 Å². The maximum atomic E-state index is 11.3. The van der Waals surface area contributed by atoms with Crippen LogP contribution in [0.3, 0.4) is 0 Å². The largest absolute Gasteiger partial charge is 0.298 e. The number of hydrogen-bond donors (Lipinski definition) is 0. The van der Waals surface area contributed by atoms with Crippen LogP contribution in [0.25, 0.3) is 10.9 Å². The third-order valence-corrected chi connectivity index (χ3v) is 3.70. The number of rotatable bonds is 1. The molecular weight excluding hydrogens is 257 g/mol. The highest BCUT2D eigenvalue weighted by Gasteiger charge is 2.20. The van der Waals surface area contributed by atoms with Crippen molar-refractivity contribution in [3.05, 3.63) is 39.0 Å². The Morgan fingerprint density at radius 2 is 2.06 bits per heavy atom. The van der Waals surface area contributed by atoms with Gasteiger partial charge in [-0.05, 0) is 37.0 Å². The summed E-state index contributed by atoms with van der Waals surface area (Å²) < 4.78 is 0. The smallest absolute Gasteiger partial charge is 0.151 e. The molecule has 0 atom stereocenters. The fourth-order valence-electron chi connectivity index (χ4n) is 2.46. The van der Waals surface area contributed by atoms with Crippen LogP contribution in [0.1, 0.15) is 28.0 Å². The minimum absolute atomic E-state index is 0.505. The number of aromatic nitrogens is 1. The SMILES string of the molecule is O=Cc1c2c(nc3c(Cl)cc(Cl)cc13)CCC2. The van der Waals surface area contributed by atoms with Gasteiger partial charge in [0.1, 0.15) is 0 Å². The van der Waals surface area contributed by atoms with E-state index >= 15 is 0 Å². The Bertz CT molecular complexity index is 637. The summed E-state index contributed by atoms with van der Waals surface area (Å²) in [7, 11) is 0. The third-order valence-electron chi connectivity index (χ3n) is 3.20. The topological polar surface area (TPSA) is 30.0 Å². The molecule has 0 unspecified atom stereocenters. The van der Waals surface area contributed by atoms with Crippen molar-refractivity contribution in [3.8, 4) is 0 Å². The van der Waals surface area contributed by atoms with E-state index in [-0.39, 0.29) is 0 Å².